The standard InChI is InChI=1S/C17H18FN5O3/c1-11-8-15(23(25)26)9-19-16(11)22-7-6-14(10-22)21-17(24)20-13-4-2-12(18)3-5-13/h2-5,8-9,14H,6-7,10H2,1H3,(H2,20,21,24). The zero-order valence-electron chi connectivity index (χ0n) is 14.1. The largest absolute Gasteiger partial charge is 0.354 e. The van der Waals surface area contributed by atoms with Gasteiger partial charge in [-0.05, 0) is 43.2 Å². The first-order chi connectivity index (χ1) is 12.4. The minimum atomic E-state index is -0.474. The van der Waals surface area contributed by atoms with Crippen LogP contribution in [-0.4, -0.2) is 35.1 Å². The summed E-state index contributed by atoms with van der Waals surface area (Å²) in [5.41, 5.74) is 1.18. The van der Waals surface area contributed by atoms with E-state index in [2.05, 4.69) is 15.6 Å². The average Bonchev–Trinajstić information content (AvgIpc) is 3.04. The van der Waals surface area contributed by atoms with Crippen molar-refractivity contribution in [2.45, 2.75) is 19.4 Å². The molecule has 2 aromatic rings. The van der Waals surface area contributed by atoms with Gasteiger partial charge in [0.15, 0.2) is 0 Å². The highest BCUT2D eigenvalue weighted by molar-refractivity contribution is 5.89. The van der Waals surface area contributed by atoms with Crippen molar-refractivity contribution in [3.8, 4) is 0 Å². The summed E-state index contributed by atoms with van der Waals surface area (Å²) in [6, 6.07) is 6.57. The number of nitrogens with zero attached hydrogens (tertiary/aromatic N) is 3. The van der Waals surface area contributed by atoms with Crippen molar-refractivity contribution in [3.05, 3.63) is 58.0 Å². The molecule has 3 rings (SSSR count). The Labute approximate surface area is 149 Å². The van der Waals surface area contributed by atoms with Crippen LogP contribution in [-0.2, 0) is 0 Å². The van der Waals surface area contributed by atoms with Crippen LogP contribution in [0.15, 0.2) is 36.5 Å². The maximum atomic E-state index is 12.9. The molecule has 136 valence electrons. The molecule has 1 aliphatic heterocycles. The first-order valence-corrected chi connectivity index (χ1v) is 8.11. The molecule has 26 heavy (non-hydrogen) atoms. The molecule has 0 aliphatic carbocycles. The molecule has 2 amide bonds. The number of rotatable bonds is 4. The summed E-state index contributed by atoms with van der Waals surface area (Å²) in [5, 5.41) is 16.3. The van der Waals surface area contributed by atoms with Gasteiger partial charge in [0.25, 0.3) is 5.69 Å². The number of aryl methyl sites for hydroxylation is 1. The van der Waals surface area contributed by atoms with Gasteiger partial charge in [-0.2, -0.15) is 0 Å². The Kier molecular flexibility index (Phi) is 4.97. The first-order valence-electron chi connectivity index (χ1n) is 8.11. The summed E-state index contributed by atoms with van der Waals surface area (Å²) >= 11 is 0. The second-order valence-corrected chi connectivity index (χ2v) is 6.13. The van der Waals surface area contributed by atoms with Crippen LogP contribution < -0.4 is 15.5 Å². The molecule has 0 bridgehead atoms. The Morgan fingerprint density at radius 1 is 1.38 bits per heavy atom. The van der Waals surface area contributed by atoms with Gasteiger partial charge in [-0.3, -0.25) is 10.1 Å². The maximum absolute atomic E-state index is 12.9. The fraction of sp³-hybridized carbons (Fsp3) is 0.294. The third-order valence-corrected chi connectivity index (χ3v) is 4.17. The zero-order valence-corrected chi connectivity index (χ0v) is 14.1. The molecule has 0 spiro atoms. The maximum Gasteiger partial charge on any atom is 0.319 e. The Hall–Kier alpha value is -3.23. The number of amides is 2. The molecule has 2 N–H and O–H groups in total. The van der Waals surface area contributed by atoms with E-state index in [1.165, 1.54) is 36.5 Å². The number of nitro groups is 1. The number of aromatic nitrogens is 1. The van der Waals surface area contributed by atoms with Crippen LogP contribution in [0.2, 0.25) is 0 Å². The van der Waals surface area contributed by atoms with Crippen LogP contribution in [0.3, 0.4) is 0 Å². The van der Waals surface area contributed by atoms with E-state index in [9.17, 15) is 19.3 Å². The SMILES string of the molecule is Cc1cc([N+](=O)[O-])cnc1N1CCC(NC(=O)Nc2ccc(F)cc2)C1. The number of halogens is 1. The molecule has 8 nitrogen and oxygen atoms in total. The zero-order chi connectivity index (χ0) is 18.7. The third-order valence-electron chi connectivity index (χ3n) is 4.17. The van der Waals surface area contributed by atoms with E-state index in [0.29, 0.717) is 24.6 Å². The lowest BCUT2D eigenvalue weighted by Crippen LogP contribution is -2.39. The molecule has 1 unspecified atom stereocenters. The smallest absolute Gasteiger partial charge is 0.319 e. The van der Waals surface area contributed by atoms with Gasteiger partial charge in [0.2, 0.25) is 0 Å². The van der Waals surface area contributed by atoms with E-state index < -0.39 is 4.92 Å². The van der Waals surface area contributed by atoms with Crippen LogP contribution >= 0.6 is 0 Å². The third kappa shape index (κ3) is 4.05. The van der Waals surface area contributed by atoms with Crippen molar-refractivity contribution in [1.29, 1.82) is 0 Å². The van der Waals surface area contributed by atoms with Crippen molar-refractivity contribution >= 4 is 23.2 Å². The van der Waals surface area contributed by atoms with Gasteiger partial charge >= 0.3 is 6.03 Å². The summed E-state index contributed by atoms with van der Waals surface area (Å²) in [4.78, 5) is 28.6. The van der Waals surface area contributed by atoms with Gasteiger partial charge in [-0.15, -0.1) is 0 Å². The van der Waals surface area contributed by atoms with Crippen LogP contribution in [0.5, 0.6) is 0 Å². The second kappa shape index (κ2) is 7.34. The minimum absolute atomic E-state index is 0.0428. The van der Waals surface area contributed by atoms with Gasteiger partial charge in [-0.1, -0.05) is 0 Å². The van der Waals surface area contributed by atoms with E-state index in [1.54, 1.807) is 6.92 Å². The molecule has 0 radical (unpaired) electrons. The molecule has 0 saturated carbocycles. The number of nitrogens with one attached hydrogen (secondary N) is 2. The van der Waals surface area contributed by atoms with Crippen LogP contribution in [0.1, 0.15) is 12.0 Å². The monoisotopic (exact) mass is 359 g/mol. The number of anilines is 2. The molecule has 1 aromatic heterocycles. The lowest BCUT2D eigenvalue weighted by molar-refractivity contribution is -0.385. The second-order valence-electron chi connectivity index (χ2n) is 6.13. The van der Waals surface area contributed by atoms with Crippen molar-refractivity contribution < 1.29 is 14.1 Å². The van der Waals surface area contributed by atoms with E-state index in [4.69, 9.17) is 0 Å². The fourth-order valence-corrected chi connectivity index (χ4v) is 2.94. The van der Waals surface area contributed by atoms with Gasteiger partial charge < -0.3 is 15.5 Å². The van der Waals surface area contributed by atoms with E-state index >= 15 is 0 Å². The van der Waals surface area contributed by atoms with Gasteiger partial charge in [0.1, 0.15) is 17.8 Å². The average molecular weight is 359 g/mol. The van der Waals surface area contributed by atoms with Crippen LogP contribution in [0, 0.1) is 22.9 Å². The van der Waals surface area contributed by atoms with Gasteiger partial charge in [-0.25, -0.2) is 14.2 Å². The number of benzene rings is 1. The molecule has 1 aliphatic rings. The topological polar surface area (TPSA) is 100 Å². The highest BCUT2D eigenvalue weighted by atomic mass is 19.1. The van der Waals surface area contributed by atoms with Crippen molar-refractivity contribution in [2.75, 3.05) is 23.3 Å². The summed E-state index contributed by atoms with van der Waals surface area (Å²) in [6.45, 7) is 3.02. The molecule has 1 fully saturated rings. The summed E-state index contributed by atoms with van der Waals surface area (Å²) in [5.74, 6) is 0.312. The summed E-state index contributed by atoms with van der Waals surface area (Å²) < 4.78 is 12.9. The highest BCUT2D eigenvalue weighted by Crippen LogP contribution is 2.25. The Morgan fingerprint density at radius 3 is 2.77 bits per heavy atom. The lowest BCUT2D eigenvalue weighted by atomic mass is 10.2. The molecular weight excluding hydrogens is 341 g/mol. The first kappa shape index (κ1) is 17.6. The molecule has 9 heteroatoms. The van der Waals surface area contributed by atoms with Crippen molar-refractivity contribution in [2.24, 2.45) is 0 Å². The van der Waals surface area contributed by atoms with Crippen molar-refractivity contribution in [1.82, 2.24) is 10.3 Å². The fourth-order valence-electron chi connectivity index (χ4n) is 2.94. The Bertz CT molecular complexity index is 828. The number of carbonyl (C=O) groups is 1. The predicted molar refractivity (Wildman–Crippen MR) is 94.8 cm³/mol. The lowest BCUT2D eigenvalue weighted by Gasteiger charge is -2.19. The van der Waals surface area contributed by atoms with E-state index in [1.807, 2.05) is 4.90 Å². The molecule has 1 atom stereocenters. The number of carbonyl (C=O) groups excluding carboxylic acids is 1. The van der Waals surface area contributed by atoms with Gasteiger partial charge in [0.05, 0.1) is 4.92 Å². The number of hydrogen-bond donors (Lipinski definition) is 2. The van der Waals surface area contributed by atoms with E-state index in [0.717, 1.165) is 12.0 Å². The predicted octanol–water partition coefficient (Wildman–Crippen LogP) is 2.84. The molecule has 1 saturated heterocycles. The molecule has 1 aromatic carbocycles. The van der Waals surface area contributed by atoms with Gasteiger partial charge in [0, 0.05) is 30.9 Å². The highest BCUT2D eigenvalue weighted by Gasteiger charge is 2.26. The van der Waals surface area contributed by atoms with Crippen LogP contribution in [0.25, 0.3) is 0 Å². The Morgan fingerprint density at radius 2 is 2.12 bits per heavy atom. The minimum Gasteiger partial charge on any atom is -0.354 e. The number of pyridine rings is 1. The van der Waals surface area contributed by atoms with Crippen LogP contribution in [0.4, 0.5) is 26.4 Å². The van der Waals surface area contributed by atoms with Crippen molar-refractivity contribution in [3.63, 3.8) is 0 Å². The van der Waals surface area contributed by atoms with E-state index in [-0.39, 0.29) is 23.6 Å². The summed E-state index contributed by atoms with van der Waals surface area (Å²) in [6.07, 6.45) is 1.97. The quantitative estimate of drug-likeness (QED) is 0.646. The molecule has 2 heterocycles. The normalized spacial score (nSPS) is 16.4. The Balaban J connectivity index is 1.57. The number of urea groups is 1. The molecular formula is C17H18FN5O3. The number of hydrogen-bond acceptors (Lipinski definition) is 5. The summed E-state index contributed by atoms with van der Waals surface area (Å²) in [7, 11) is 0.